The van der Waals surface area contributed by atoms with Gasteiger partial charge in [0.05, 0.1) is 17.1 Å². The molecule has 8 nitrogen and oxygen atoms in total. The van der Waals surface area contributed by atoms with Gasteiger partial charge < -0.3 is 14.5 Å². The van der Waals surface area contributed by atoms with E-state index in [0.717, 1.165) is 34.9 Å². The molecule has 0 bridgehead atoms. The summed E-state index contributed by atoms with van der Waals surface area (Å²) in [5.41, 5.74) is 4.94. The van der Waals surface area contributed by atoms with Crippen molar-refractivity contribution in [3.05, 3.63) is 59.2 Å². The van der Waals surface area contributed by atoms with Crippen molar-refractivity contribution in [1.82, 2.24) is 9.97 Å². The number of aryl methyl sites for hydroxylation is 2. The van der Waals surface area contributed by atoms with Crippen LogP contribution in [0.2, 0.25) is 0 Å². The highest BCUT2D eigenvalue weighted by Gasteiger charge is 2.41. The number of pyridine rings is 2. The second-order valence-electron chi connectivity index (χ2n) is 7.69. The minimum absolute atomic E-state index is 0.181. The Morgan fingerprint density at radius 3 is 1.87 bits per heavy atom. The van der Waals surface area contributed by atoms with Gasteiger partial charge >= 0.3 is 0 Å². The van der Waals surface area contributed by atoms with Gasteiger partial charge in [-0.2, -0.15) is 0 Å². The van der Waals surface area contributed by atoms with E-state index >= 15 is 0 Å². The van der Waals surface area contributed by atoms with Crippen molar-refractivity contribution in [3.8, 4) is 0 Å². The van der Waals surface area contributed by atoms with E-state index in [4.69, 9.17) is 14.5 Å². The Balaban J connectivity index is 1.64. The first-order chi connectivity index (χ1) is 14.9. The Bertz CT molecular complexity index is 935. The monoisotopic (exact) mass is 423 g/mol. The third-order valence-corrected chi connectivity index (χ3v) is 4.88. The van der Waals surface area contributed by atoms with E-state index in [0.29, 0.717) is 17.8 Å². The standard InChI is InChI=1S/C23H29N5O3/c1-6-20-13-23(31-28-20,14-29-26-18(4)21-11-7-9-16(2)24-21)15-30-27-19(5)22-12-8-10-17(3)25-22/h7-12H,6,13-15H2,1-5H3. The molecule has 1 aliphatic rings. The molecule has 0 N–H and O–H groups in total. The van der Waals surface area contributed by atoms with Crippen LogP contribution in [0.5, 0.6) is 0 Å². The van der Waals surface area contributed by atoms with Crippen LogP contribution in [0.3, 0.4) is 0 Å². The SMILES string of the molecule is CCC1=NOC(CON=C(C)c2cccc(C)n2)(CON=C(C)c2cccc(C)n2)C1. The highest BCUT2D eigenvalue weighted by atomic mass is 16.7. The summed E-state index contributed by atoms with van der Waals surface area (Å²) in [6.45, 7) is 10.00. The summed E-state index contributed by atoms with van der Waals surface area (Å²) in [6, 6.07) is 11.6. The molecule has 0 radical (unpaired) electrons. The van der Waals surface area contributed by atoms with Gasteiger partial charge in [0.15, 0.2) is 13.2 Å². The summed E-state index contributed by atoms with van der Waals surface area (Å²) in [4.78, 5) is 25.9. The summed E-state index contributed by atoms with van der Waals surface area (Å²) < 4.78 is 0. The Morgan fingerprint density at radius 2 is 1.45 bits per heavy atom. The van der Waals surface area contributed by atoms with Gasteiger partial charge in [-0.1, -0.05) is 34.5 Å². The topological polar surface area (TPSA) is 90.5 Å². The molecule has 0 amide bonds. The lowest BCUT2D eigenvalue weighted by Crippen LogP contribution is -2.39. The third-order valence-electron chi connectivity index (χ3n) is 4.88. The van der Waals surface area contributed by atoms with Crippen LogP contribution in [-0.2, 0) is 14.5 Å². The molecule has 1 aliphatic heterocycles. The van der Waals surface area contributed by atoms with Crippen molar-refractivity contribution >= 4 is 17.1 Å². The van der Waals surface area contributed by atoms with Crippen LogP contribution in [0.25, 0.3) is 0 Å². The van der Waals surface area contributed by atoms with Crippen LogP contribution in [0.15, 0.2) is 51.9 Å². The fraction of sp³-hybridized carbons (Fsp3) is 0.435. The highest BCUT2D eigenvalue weighted by molar-refractivity contribution is 5.97. The van der Waals surface area contributed by atoms with Gasteiger partial charge in [0, 0.05) is 17.8 Å². The Hall–Kier alpha value is -3.29. The second-order valence-corrected chi connectivity index (χ2v) is 7.69. The molecular formula is C23H29N5O3. The molecule has 3 rings (SSSR count). The summed E-state index contributed by atoms with van der Waals surface area (Å²) >= 11 is 0. The predicted octanol–water partition coefficient (Wildman–Crippen LogP) is 4.20. The Labute approximate surface area is 183 Å². The molecule has 0 atom stereocenters. The fourth-order valence-electron chi connectivity index (χ4n) is 3.06. The lowest BCUT2D eigenvalue weighted by molar-refractivity contribution is -0.119. The van der Waals surface area contributed by atoms with Crippen LogP contribution < -0.4 is 0 Å². The number of hydrogen-bond donors (Lipinski definition) is 0. The van der Waals surface area contributed by atoms with Crippen molar-refractivity contribution < 1.29 is 14.5 Å². The van der Waals surface area contributed by atoms with E-state index in [1.807, 2.05) is 71.0 Å². The summed E-state index contributed by atoms with van der Waals surface area (Å²) in [6.07, 6.45) is 1.39. The molecule has 2 aromatic rings. The fourth-order valence-corrected chi connectivity index (χ4v) is 3.06. The normalized spacial score (nSPS) is 19.1. The Kier molecular flexibility index (Phi) is 7.33. The summed E-state index contributed by atoms with van der Waals surface area (Å²) in [5.74, 6) is 0. The number of aromatic nitrogens is 2. The highest BCUT2D eigenvalue weighted by Crippen LogP contribution is 2.26. The number of hydrogen-bond acceptors (Lipinski definition) is 8. The maximum Gasteiger partial charge on any atom is 0.215 e. The van der Waals surface area contributed by atoms with Gasteiger partial charge in [0.2, 0.25) is 5.60 Å². The molecule has 0 spiro atoms. The lowest BCUT2D eigenvalue weighted by atomic mass is 9.98. The van der Waals surface area contributed by atoms with Crippen molar-refractivity contribution in [3.63, 3.8) is 0 Å². The molecule has 8 heteroatoms. The molecule has 0 aliphatic carbocycles. The van der Waals surface area contributed by atoms with Gasteiger partial charge in [-0.05, 0) is 58.4 Å². The minimum atomic E-state index is -0.779. The molecule has 164 valence electrons. The molecule has 2 aromatic heterocycles. The van der Waals surface area contributed by atoms with Crippen molar-refractivity contribution in [1.29, 1.82) is 0 Å². The molecule has 0 aromatic carbocycles. The Morgan fingerprint density at radius 1 is 0.935 bits per heavy atom. The first-order valence-corrected chi connectivity index (χ1v) is 10.4. The van der Waals surface area contributed by atoms with Crippen molar-refractivity contribution in [2.45, 2.75) is 53.1 Å². The molecule has 0 unspecified atom stereocenters. The quantitative estimate of drug-likeness (QED) is 0.445. The van der Waals surface area contributed by atoms with Gasteiger partial charge in [-0.15, -0.1) is 0 Å². The molecule has 3 heterocycles. The van der Waals surface area contributed by atoms with E-state index in [2.05, 4.69) is 25.4 Å². The average Bonchev–Trinajstić information content (AvgIpc) is 3.17. The van der Waals surface area contributed by atoms with Crippen LogP contribution in [0, 0.1) is 13.8 Å². The molecular weight excluding hydrogens is 394 g/mol. The minimum Gasteiger partial charge on any atom is -0.391 e. The predicted molar refractivity (Wildman–Crippen MR) is 120 cm³/mol. The summed E-state index contributed by atoms with van der Waals surface area (Å²) in [7, 11) is 0. The zero-order chi connectivity index (χ0) is 22.3. The maximum absolute atomic E-state index is 5.73. The number of rotatable bonds is 9. The van der Waals surface area contributed by atoms with Crippen molar-refractivity contribution in [2.75, 3.05) is 13.2 Å². The zero-order valence-electron chi connectivity index (χ0n) is 18.8. The molecule has 31 heavy (non-hydrogen) atoms. The van der Waals surface area contributed by atoms with Crippen LogP contribution in [0.4, 0.5) is 0 Å². The number of nitrogens with zero attached hydrogens (tertiary/aromatic N) is 5. The molecule has 0 saturated carbocycles. The van der Waals surface area contributed by atoms with Gasteiger partial charge in [0.25, 0.3) is 0 Å². The second kappa shape index (κ2) is 10.1. The largest absolute Gasteiger partial charge is 0.391 e. The molecule has 0 fully saturated rings. The van der Waals surface area contributed by atoms with Gasteiger partial charge in [-0.25, -0.2) is 0 Å². The van der Waals surface area contributed by atoms with Gasteiger partial charge in [-0.3, -0.25) is 9.97 Å². The number of oxime groups is 3. The van der Waals surface area contributed by atoms with Gasteiger partial charge in [0.1, 0.15) is 11.4 Å². The van der Waals surface area contributed by atoms with E-state index in [1.54, 1.807) is 0 Å². The van der Waals surface area contributed by atoms with E-state index in [1.165, 1.54) is 0 Å². The van der Waals surface area contributed by atoms with Crippen LogP contribution >= 0.6 is 0 Å². The van der Waals surface area contributed by atoms with E-state index < -0.39 is 5.60 Å². The average molecular weight is 424 g/mol. The smallest absolute Gasteiger partial charge is 0.215 e. The van der Waals surface area contributed by atoms with E-state index in [9.17, 15) is 0 Å². The summed E-state index contributed by atoms with van der Waals surface area (Å²) in [5, 5.41) is 12.6. The first kappa shape index (κ1) is 22.4. The molecule has 0 saturated heterocycles. The van der Waals surface area contributed by atoms with E-state index in [-0.39, 0.29) is 13.2 Å². The van der Waals surface area contributed by atoms with Crippen LogP contribution in [0.1, 0.15) is 56.4 Å². The first-order valence-electron chi connectivity index (χ1n) is 10.4. The zero-order valence-corrected chi connectivity index (χ0v) is 18.8. The maximum atomic E-state index is 5.73. The van der Waals surface area contributed by atoms with Crippen molar-refractivity contribution in [2.24, 2.45) is 15.5 Å². The van der Waals surface area contributed by atoms with Crippen LogP contribution in [-0.4, -0.2) is 45.9 Å². The third kappa shape index (κ3) is 6.10. The lowest BCUT2D eigenvalue weighted by Gasteiger charge is -2.23.